The largest absolute Gasteiger partial charge is 0.480 e. The van der Waals surface area contributed by atoms with Crippen LogP contribution in [0.3, 0.4) is 0 Å². The normalized spacial score (nSPS) is 11.1. The molecule has 172 valence electrons. The second-order valence-electron chi connectivity index (χ2n) is 6.87. The molecule has 1 unspecified atom stereocenters. The van der Waals surface area contributed by atoms with Crippen LogP contribution in [0.25, 0.3) is 11.3 Å². The van der Waals surface area contributed by atoms with E-state index >= 15 is 0 Å². The van der Waals surface area contributed by atoms with Crippen LogP contribution >= 0.6 is 24.8 Å². The fourth-order valence-corrected chi connectivity index (χ4v) is 2.97. The molecule has 0 aliphatic carbocycles. The molecule has 2 heterocycles. The molecule has 0 radical (unpaired) electrons. The molecule has 11 heteroatoms. The summed E-state index contributed by atoms with van der Waals surface area (Å²) >= 11 is 0. The summed E-state index contributed by atoms with van der Waals surface area (Å²) in [6, 6.07) is 10.3. The predicted octanol–water partition coefficient (Wildman–Crippen LogP) is 3.00. The van der Waals surface area contributed by atoms with Gasteiger partial charge in [0.25, 0.3) is 0 Å². The van der Waals surface area contributed by atoms with Gasteiger partial charge in [-0.15, -0.1) is 24.8 Å². The standard InChI is InChI=1S/C21H22FN5O3.2ClH/c1-13-9-15(7-8-23-13)17-11-19(27(2)26-17)25-21(30)18(24-12-20(28)29)10-14-3-5-16(22)6-4-14;;/h3-9,11,18,24H,10,12H2,1-2H3,(H,25,30)(H,28,29);2*1H. The van der Waals surface area contributed by atoms with Crippen molar-refractivity contribution in [1.29, 1.82) is 0 Å². The van der Waals surface area contributed by atoms with E-state index in [0.717, 1.165) is 11.3 Å². The Morgan fingerprint density at radius 2 is 1.84 bits per heavy atom. The maximum Gasteiger partial charge on any atom is 0.317 e. The molecule has 1 aromatic carbocycles. The van der Waals surface area contributed by atoms with Crippen molar-refractivity contribution in [2.24, 2.45) is 7.05 Å². The van der Waals surface area contributed by atoms with Crippen molar-refractivity contribution >= 4 is 42.5 Å². The van der Waals surface area contributed by atoms with E-state index in [4.69, 9.17) is 5.11 Å². The number of benzene rings is 1. The number of hydrogen-bond donors (Lipinski definition) is 3. The van der Waals surface area contributed by atoms with Crippen molar-refractivity contribution in [2.75, 3.05) is 11.9 Å². The summed E-state index contributed by atoms with van der Waals surface area (Å²) in [5, 5.41) is 18.9. The SMILES string of the molecule is Cc1cc(-c2cc(NC(=O)C(Cc3ccc(F)cc3)NCC(=O)O)n(C)n2)ccn1.Cl.Cl. The molecule has 8 nitrogen and oxygen atoms in total. The summed E-state index contributed by atoms with van der Waals surface area (Å²) < 4.78 is 14.7. The van der Waals surface area contributed by atoms with E-state index < -0.39 is 17.9 Å². The number of nitrogens with zero attached hydrogens (tertiary/aromatic N) is 3. The Hall–Kier alpha value is -3.01. The molecule has 0 spiro atoms. The monoisotopic (exact) mass is 483 g/mol. The summed E-state index contributed by atoms with van der Waals surface area (Å²) in [6.07, 6.45) is 1.89. The van der Waals surface area contributed by atoms with E-state index in [1.165, 1.54) is 16.8 Å². The number of carbonyl (C=O) groups is 2. The van der Waals surface area contributed by atoms with Gasteiger partial charge in [0.05, 0.1) is 18.3 Å². The first kappa shape index (κ1) is 27.0. The van der Waals surface area contributed by atoms with E-state index in [1.54, 1.807) is 31.4 Å². The third kappa shape index (κ3) is 7.30. The van der Waals surface area contributed by atoms with Gasteiger partial charge >= 0.3 is 5.97 Å². The number of nitrogens with one attached hydrogen (secondary N) is 2. The van der Waals surface area contributed by atoms with Crippen molar-refractivity contribution in [3.8, 4) is 11.3 Å². The molecule has 1 amide bonds. The van der Waals surface area contributed by atoms with E-state index in [0.29, 0.717) is 17.1 Å². The fourth-order valence-electron chi connectivity index (χ4n) is 2.97. The average Bonchev–Trinajstić information content (AvgIpc) is 3.07. The first-order valence-electron chi connectivity index (χ1n) is 9.29. The number of aryl methyl sites for hydroxylation is 2. The average molecular weight is 484 g/mol. The zero-order valence-electron chi connectivity index (χ0n) is 17.4. The van der Waals surface area contributed by atoms with Crippen LogP contribution < -0.4 is 10.6 Å². The van der Waals surface area contributed by atoms with E-state index in [1.807, 2.05) is 19.1 Å². The van der Waals surface area contributed by atoms with Gasteiger partial charge in [0.15, 0.2) is 0 Å². The van der Waals surface area contributed by atoms with Crippen LogP contribution in [0.15, 0.2) is 48.7 Å². The van der Waals surface area contributed by atoms with Gasteiger partial charge in [-0.05, 0) is 43.2 Å². The number of carboxylic acids is 1. The van der Waals surface area contributed by atoms with Crippen LogP contribution in [0.5, 0.6) is 0 Å². The predicted molar refractivity (Wildman–Crippen MR) is 124 cm³/mol. The van der Waals surface area contributed by atoms with Crippen LogP contribution in [0.1, 0.15) is 11.3 Å². The van der Waals surface area contributed by atoms with Crippen molar-refractivity contribution in [1.82, 2.24) is 20.1 Å². The highest BCUT2D eigenvalue weighted by Gasteiger charge is 2.21. The number of carbonyl (C=O) groups excluding carboxylic acids is 1. The zero-order valence-corrected chi connectivity index (χ0v) is 19.0. The zero-order chi connectivity index (χ0) is 21.7. The van der Waals surface area contributed by atoms with Crippen LogP contribution in [0.4, 0.5) is 10.2 Å². The molecular weight excluding hydrogens is 460 g/mol. The Bertz CT molecular complexity index is 1060. The number of rotatable bonds is 8. The maximum atomic E-state index is 13.1. The van der Waals surface area contributed by atoms with Crippen molar-refractivity contribution in [3.63, 3.8) is 0 Å². The molecule has 0 fully saturated rings. The van der Waals surface area contributed by atoms with E-state index in [9.17, 15) is 14.0 Å². The molecule has 3 rings (SSSR count). The number of aromatic nitrogens is 3. The minimum atomic E-state index is -1.08. The number of aliphatic carboxylic acids is 1. The molecule has 3 N–H and O–H groups in total. The summed E-state index contributed by atoms with van der Waals surface area (Å²) in [6.45, 7) is 1.50. The van der Waals surface area contributed by atoms with Gasteiger partial charge in [-0.1, -0.05) is 12.1 Å². The fraction of sp³-hybridized carbons (Fsp3) is 0.238. The summed E-state index contributed by atoms with van der Waals surface area (Å²) in [5.41, 5.74) is 3.09. The lowest BCUT2D eigenvalue weighted by Gasteiger charge is -2.17. The highest BCUT2D eigenvalue weighted by molar-refractivity contribution is 5.95. The van der Waals surface area contributed by atoms with Gasteiger partial charge < -0.3 is 10.4 Å². The molecule has 0 saturated carbocycles. The van der Waals surface area contributed by atoms with Gasteiger partial charge in [-0.2, -0.15) is 5.10 Å². The minimum absolute atomic E-state index is 0. The molecule has 32 heavy (non-hydrogen) atoms. The Morgan fingerprint density at radius 3 is 2.47 bits per heavy atom. The number of hydrogen-bond acceptors (Lipinski definition) is 5. The van der Waals surface area contributed by atoms with Crippen LogP contribution in [0.2, 0.25) is 0 Å². The van der Waals surface area contributed by atoms with E-state index in [-0.39, 0.29) is 43.6 Å². The second-order valence-corrected chi connectivity index (χ2v) is 6.87. The number of pyridine rings is 1. The lowest BCUT2D eigenvalue weighted by molar-refractivity contribution is -0.136. The molecule has 0 saturated heterocycles. The first-order valence-corrected chi connectivity index (χ1v) is 9.29. The van der Waals surface area contributed by atoms with Crippen molar-refractivity contribution < 1.29 is 19.1 Å². The summed E-state index contributed by atoms with van der Waals surface area (Å²) in [4.78, 5) is 28.0. The van der Waals surface area contributed by atoms with Crippen molar-refractivity contribution in [3.05, 3.63) is 65.7 Å². The van der Waals surface area contributed by atoms with Gasteiger partial charge in [0.1, 0.15) is 11.6 Å². The van der Waals surface area contributed by atoms with Crippen LogP contribution in [-0.2, 0) is 23.1 Å². The van der Waals surface area contributed by atoms with Crippen LogP contribution in [0, 0.1) is 12.7 Å². The maximum absolute atomic E-state index is 13.1. The topological polar surface area (TPSA) is 109 Å². The second kappa shape index (κ2) is 12.1. The Kier molecular flexibility index (Phi) is 10.2. The Labute approximate surface area is 197 Å². The van der Waals surface area contributed by atoms with Gasteiger partial charge in [-0.3, -0.25) is 24.6 Å². The highest BCUT2D eigenvalue weighted by atomic mass is 35.5. The number of carboxylic acid groups (broad SMARTS) is 1. The highest BCUT2D eigenvalue weighted by Crippen LogP contribution is 2.21. The first-order chi connectivity index (χ1) is 14.3. The molecule has 2 aromatic heterocycles. The molecule has 1 atom stereocenters. The molecule has 0 bridgehead atoms. The third-order valence-electron chi connectivity index (χ3n) is 4.49. The molecule has 3 aromatic rings. The third-order valence-corrected chi connectivity index (χ3v) is 4.49. The van der Waals surface area contributed by atoms with E-state index in [2.05, 4.69) is 20.7 Å². The number of halogens is 3. The van der Waals surface area contributed by atoms with Gasteiger partial charge in [0.2, 0.25) is 5.91 Å². The summed E-state index contributed by atoms with van der Waals surface area (Å²) in [5.74, 6) is -1.42. The quantitative estimate of drug-likeness (QED) is 0.454. The molecule has 0 aliphatic rings. The smallest absolute Gasteiger partial charge is 0.317 e. The van der Waals surface area contributed by atoms with Crippen molar-refractivity contribution in [2.45, 2.75) is 19.4 Å². The van der Waals surface area contributed by atoms with Gasteiger partial charge in [-0.25, -0.2) is 4.39 Å². The van der Waals surface area contributed by atoms with Gasteiger partial charge in [0, 0.05) is 30.6 Å². The lowest BCUT2D eigenvalue weighted by Crippen LogP contribution is -2.44. The summed E-state index contributed by atoms with van der Waals surface area (Å²) in [7, 11) is 1.70. The molecular formula is C21H24Cl2FN5O3. The lowest BCUT2D eigenvalue weighted by atomic mass is 10.1. The number of amides is 1. The molecule has 0 aliphatic heterocycles. The van der Waals surface area contributed by atoms with Crippen LogP contribution in [-0.4, -0.2) is 44.3 Å². The Morgan fingerprint density at radius 1 is 1.16 bits per heavy atom. The Balaban J connectivity index is 0.00000256. The number of anilines is 1. The minimum Gasteiger partial charge on any atom is -0.480 e.